The maximum absolute atomic E-state index is 11.6. The van der Waals surface area contributed by atoms with Gasteiger partial charge in [-0.1, -0.05) is 24.3 Å². The third-order valence-corrected chi connectivity index (χ3v) is 7.33. The third-order valence-electron chi connectivity index (χ3n) is 7.33. The number of rotatable bonds is 0. The number of aromatic nitrogens is 1. The molecular formula is C21H23F3N2O3. The molecule has 2 bridgehead atoms. The lowest BCUT2D eigenvalue weighted by Gasteiger charge is -2.47. The van der Waals surface area contributed by atoms with Gasteiger partial charge >= 0.3 is 6.18 Å². The van der Waals surface area contributed by atoms with Crippen LogP contribution in [-0.2, 0) is 16.8 Å². The fraction of sp³-hybridized carbons (Fsp3) is 0.476. The largest absolute Gasteiger partial charge is 0.542 e. The number of nitrogens with one attached hydrogen (secondary N) is 1. The predicted molar refractivity (Wildman–Crippen MR) is 98.6 cm³/mol. The number of halogens is 3. The van der Waals surface area contributed by atoms with Crippen LogP contribution in [0.15, 0.2) is 35.9 Å². The van der Waals surface area contributed by atoms with E-state index in [1.54, 1.807) is 0 Å². The molecule has 3 atom stereocenters. The van der Waals surface area contributed by atoms with Gasteiger partial charge in [-0.05, 0) is 25.5 Å². The number of fused-ring (bicyclic) bond motifs is 3. The molecule has 1 unspecified atom stereocenters. The van der Waals surface area contributed by atoms with Gasteiger partial charge in [-0.3, -0.25) is 0 Å². The minimum atomic E-state index is -5.19. The summed E-state index contributed by atoms with van der Waals surface area (Å²) < 4.78 is 32.6. The van der Waals surface area contributed by atoms with Crippen LogP contribution >= 0.6 is 0 Å². The average molecular weight is 408 g/mol. The minimum Gasteiger partial charge on any atom is -0.542 e. The van der Waals surface area contributed by atoms with Crippen molar-refractivity contribution >= 4 is 16.9 Å². The summed E-state index contributed by atoms with van der Waals surface area (Å²) in [7, 11) is 0. The number of quaternary nitrogens is 1. The van der Waals surface area contributed by atoms with E-state index in [1.165, 1.54) is 27.7 Å². The highest BCUT2D eigenvalue weighted by Gasteiger charge is 2.75. The number of carbonyl (C=O) groups excluding carboxylic acids is 1. The summed E-state index contributed by atoms with van der Waals surface area (Å²) >= 11 is 0. The van der Waals surface area contributed by atoms with Crippen molar-refractivity contribution in [1.29, 1.82) is 0 Å². The van der Waals surface area contributed by atoms with E-state index in [0.717, 1.165) is 37.0 Å². The van der Waals surface area contributed by atoms with E-state index in [4.69, 9.17) is 9.90 Å². The molecule has 0 amide bonds. The zero-order valence-electron chi connectivity index (χ0n) is 16.3. The van der Waals surface area contributed by atoms with Gasteiger partial charge in [0, 0.05) is 29.3 Å². The lowest BCUT2D eigenvalue weighted by atomic mass is 9.74. The second-order valence-electron chi connectivity index (χ2n) is 8.31. The molecule has 1 aromatic heterocycles. The van der Waals surface area contributed by atoms with Crippen LogP contribution in [0.4, 0.5) is 13.2 Å². The molecule has 8 heteroatoms. The highest BCUT2D eigenvalue weighted by Crippen LogP contribution is 2.62. The number of hydrogen-bond acceptors (Lipinski definition) is 3. The summed E-state index contributed by atoms with van der Waals surface area (Å²) in [6.45, 7) is 7.63. The first kappa shape index (κ1) is 20.0. The van der Waals surface area contributed by atoms with Crippen LogP contribution < -0.4 is 5.11 Å². The van der Waals surface area contributed by atoms with Crippen molar-refractivity contribution in [2.45, 2.75) is 44.0 Å². The molecule has 3 aliphatic heterocycles. The van der Waals surface area contributed by atoms with Crippen LogP contribution in [0.3, 0.4) is 0 Å². The number of nitrogens with zero attached hydrogens (tertiary/aromatic N) is 1. The lowest BCUT2D eigenvalue weighted by Crippen LogP contribution is -2.61. The van der Waals surface area contributed by atoms with Gasteiger partial charge in [0.25, 0.3) is 0 Å². The van der Waals surface area contributed by atoms with Crippen LogP contribution in [0.25, 0.3) is 10.9 Å². The lowest BCUT2D eigenvalue weighted by molar-refractivity contribution is -0.962. The SMILES string of the molecule is C/C=C1/C[N+]23CCc4c([nH]c5ccccc45)[C@]2(C)[C@@]1(O)CC3.O=C([O-])C(F)(F)F. The number of benzene rings is 1. The molecule has 0 aliphatic carbocycles. The quantitative estimate of drug-likeness (QED) is 0.518. The first-order valence-corrected chi connectivity index (χ1v) is 9.63. The maximum atomic E-state index is 11.6. The van der Waals surface area contributed by atoms with Crippen molar-refractivity contribution in [3.8, 4) is 0 Å². The fourth-order valence-electron chi connectivity index (χ4n) is 5.79. The summed E-state index contributed by atoms with van der Waals surface area (Å²) in [5, 5.41) is 21.7. The molecule has 0 radical (unpaired) electrons. The molecule has 0 saturated carbocycles. The van der Waals surface area contributed by atoms with Gasteiger partial charge in [0.05, 0.1) is 18.8 Å². The Balaban J connectivity index is 0.000000255. The molecule has 5 nitrogen and oxygen atoms in total. The highest BCUT2D eigenvalue weighted by molar-refractivity contribution is 5.85. The van der Waals surface area contributed by atoms with Gasteiger partial charge in [0.15, 0.2) is 11.1 Å². The number of carbonyl (C=O) groups is 1. The summed E-state index contributed by atoms with van der Waals surface area (Å²) in [4.78, 5) is 12.5. The normalized spacial score (nSPS) is 33.9. The number of aromatic amines is 1. The van der Waals surface area contributed by atoms with Crippen molar-refractivity contribution < 1.29 is 32.7 Å². The van der Waals surface area contributed by atoms with E-state index in [1.807, 2.05) is 0 Å². The number of aliphatic carboxylic acids is 1. The number of aliphatic hydroxyl groups is 1. The van der Waals surface area contributed by atoms with Gasteiger partial charge < -0.3 is 24.5 Å². The van der Waals surface area contributed by atoms with Crippen LogP contribution in [0.5, 0.6) is 0 Å². The Morgan fingerprint density at radius 3 is 2.59 bits per heavy atom. The van der Waals surface area contributed by atoms with E-state index in [9.17, 15) is 18.3 Å². The maximum Gasteiger partial charge on any atom is 0.430 e. The predicted octanol–water partition coefficient (Wildman–Crippen LogP) is 2.15. The molecule has 1 aromatic carbocycles. The van der Waals surface area contributed by atoms with E-state index in [-0.39, 0.29) is 5.54 Å². The summed E-state index contributed by atoms with van der Waals surface area (Å²) in [5.41, 5.74) is 4.28. The van der Waals surface area contributed by atoms with Crippen molar-refractivity contribution in [3.63, 3.8) is 0 Å². The van der Waals surface area contributed by atoms with Gasteiger partial charge in [-0.2, -0.15) is 13.2 Å². The minimum absolute atomic E-state index is 0.221. The van der Waals surface area contributed by atoms with Crippen molar-refractivity contribution in [2.24, 2.45) is 0 Å². The molecule has 29 heavy (non-hydrogen) atoms. The topological polar surface area (TPSA) is 76.1 Å². The molecule has 156 valence electrons. The smallest absolute Gasteiger partial charge is 0.430 e. The number of para-hydroxylation sites is 1. The standard InChI is InChI=1S/C19H23N2O.C2HF3O2/c1-3-13-12-21-10-8-15-14-6-4-5-7-16(14)20-17(15)18(21,2)19(13,22)9-11-21;3-2(4,5)1(6)7/h3-7,20,22H,8-12H2,1-2H3;(H,6,7)/q+1;/p-1/b13-3-;/t18-,19-,21?;/m1./s1. The Hall–Kier alpha value is -2.32. The zero-order valence-corrected chi connectivity index (χ0v) is 16.3. The van der Waals surface area contributed by atoms with Crippen LogP contribution in [0.1, 0.15) is 31.5 Å². The first-order valence-electron chi connectivity index (χ1n) is 9.63. The van der Waals surface area contributed by atoms with Crippen molar-refractivity contribution in [3.05, 3.63) is 47.2 Å². The fourth-order valence-corrected chi connectivity index (χ4v) is 5.79. The molecule has 2 N–H and O–H groups in total. The second-order valence-corrected chi connectivity index (χ2v) is 8.31. The van der Waals surface area contributed by atoms with E-state index >= 15 is 0 Å². The van der Waals surface area contributed by atoms with Crippen molar-refractivity contribution in [1.82, 2.24) is 4.98 Å². The van der Waals surface area contributed by atoms with Crippen LogP contribution in [0, 0.1) is 0 Å². The van der Waals surface area contributed by atoms with Gasteiger partial charge in [0.2, 0.25) is 0 Å². The highest BCUT2D eigenvalue weighted by atomic mass is 19.4. The van der Waals surface area contributed by atoms with Gasteiger partial charge in [0.1, 0.15) is 12.5 Å². The zero-order chi connectivity index (χ0) is 21.2. The Kier molecular flexibility index (Phi) is 4.19. The van der Waals surface area contributed by atoms with Crippen molar-refractivity contribution in [2.75, 3.05) is 19.6 Å². The Bertz CT molecular complexity index is 1030. The molecule has 2 saturated heterocycles. The van der Waals surface area contributed by atoms with E-state index in [0.29, 0.717) is 0 Å². The molecule has 0 spiro atoms. The molecular weight excluding hydrogens is 385 g/mol. The number of carboxylic acids is 1. The van der Waals surface area contributed by atoms with Crippen LogP contribution in [-0.4, -0.2) is 52.0 Å². The number of piperidine rings is 1. The molecule has 3 aliphatic rings. The van der Waals surface area contributed by atoms with Gasteiger partial charge in [-0.25, -0.2) is 0 Å². The number of hydrogen-bond donors (Lipinski definition) is 2. The first-order chi connectivity index (χ1) is 13.5. The molecule has 5 rings (SSSR count). The Morgan fingerprint density at radius 1 is 1.31 bits per heavy atom. The third kappa shape index (κ3) is 2.45. The number of allylic oxidation sites excluding steroid dienone is 1. The van der Waals surface area contributed by atoms with E-state index in [2.05, 4.69) is 49.2 Å². The van der Waals surface area contributed by atoms with Crippen LogP contribution in [0.2, 0.25) is 0 Å². The number of H-pyrrole nitrogens is 1. The van der Waals surface area contributed by atoms with Gasteiger partial charge in [-0.15, -0.1) is 0 Å². The molecule has 2 fully saturated rings. The van der Waals surface area contributed by atoms with E-state index < -0.39 is 17.7 Å². The molecule has 4 heterocycles. The monoisotopic (exact) mass is 408 g/mol. The summed E-state index contributed by atoms with van der Waals surface area (Å²) in [6, 6.07) is 8.59. The number of carboxylic acid groups (broad SMARTS) is 1. The second kappa shape index (κ2) is 6.09. The summed E-state index contributed by atoms with van der Waals surface area (Å²) in [6.07, 6.45) is -1.04. The summed E-state index contributed by atoms with van der Waals surface area (Å²) in [5.74, 6) is -3.01. The average Bonchev–Trinajstić information content (AvgIpc) is 3.22. The number of alkyl halides is 3. The molecule has 2 aromatic rings. The Morgan fingerprint density at radius 2 is 1.97 bits per heavy atom. The Labute approximate surface area is 166 Å².